The molecule has 1 rings (SSSR count). The second-order valence-corrected chi connectivity index (χ2v) is 5.72. The predicted octanol–water partition coefficient (Wildman–Crippen LogP) is 3.43. The maximum absolute atomic E-state index is 6.13. The van der Waals surface area contributed by atoms with Crippen LogP contribution in [0.15, 0.2) is 29.2 Å². The lowest BCUT2D eigenvalue weighted by Crippen LogP contribution is -2.31. The van der Waals surface area contributed by atoms with E-state index in [4.69, 9.17) is 22.1 Å². The van der Waals surface area contributed by atoms with E-state index in [-0.39, 0.29) is 6.04 Å². The van der Waals surface area contributed by atoms with Crippen LogP contribution in [-0.2, 0) is 4.74 Å². The van der Waals surface area contributed by atoms with Crippen LogP contribution >= 0.6 is 23.4 Å². The van der Waals surface area contributed by atoms with Gasteiger partial charge in [0.25, 0.3) is 0 Å². The van der Waals surface area contributed by atoms with Crippen LogP contribution in [0.1, 0.15) is 13.3 Å². The van der Waals surface area contributed by atoms with Gasteiger partial charge < -0.3 is 10.5 Å². The van der Waals surface area contributed by atoms with Crippen molar-refractivity contribution in [3.63, 3.8) is 0 Å². The standard InChI is InChI=1S/C13H20ClNOS/c1-10(7-8-16-2)13(15)9-17-12-5-3-11(14)4-6-12/h3-6,10,13H,7-9,15H2,1-2H3. The number of ether oxygens (including phenoxy) is 1. The topological polar surface area (TPSA) is 35.2 Å². The largest absolute Gasteiger partial charge is 0.385 e. The Labute approximate surface area is 113 Å². The number of benzene rings is 1. The Hall–Kier alpha value is -0.220. The van der Waals surface area contributed by atoms with Crippen molar-refractivity contribution in [2.75, 3.05) is 19.5 Å². The summed E-state index contributed by atoms with van der Waals surface area (Å²) in [5.41, 5.74) is 6.13. The summed E-state index contributed by atoms with van der Waals surface area (Å²) in [5, 5.41) is 0.770. The van der Waals surface area contributed by atoms with Crippen molar-refractivity contribution in [3.05, 3.63) is 29.3 Å². The molecule has 0 bridgehead atoms. The average molecular weight is 274 g/mol. The maximum Gasteiger partial charge on any atom is 0.0465 e. The summed E-state index contributed by atoms with van der Waals surface area (Å²) in [7, 11) is 1.72. The quantitative estimate of drug-likeness (QED) is 0.773. The molecule has 0 aliphatic heterocycles. The minimum atomic E-state index is 0.200. The Morgan fingerprint density at radius 1 is 1.35 bits per heavy atom. The fourth-order valence-corrected chi connectivity index (χ4v) is 2.57. The van der Waals surface area contributed by atoms with E-state index in [1.165, 1.54) is 4.90 Å². The smallest absolute Gasteiger partial charge is 0.0465 e. The zero-order valence-electron chi connectivity index (χ0n) is 10.4. The molecule has 0 saturated carbocycles. The van der Waals surface area contributed by atoms with Crippen LogP contribution in [0, 0.1) is 5.92 Å². The van der Waals surface area contributed by atoms with Crippen molar-refractivity contribution < 1.29 is 4.74 Å². The third kappa shape index (κ3) is 5.77. The molecule has 17 heavy (non-hydrogen) atoms. The molecule has 1 aromatic carbocycles. The first kappa shape index (κ1) is 14.8. The zero-order valence-corrected chi connectivity index (χ0v) is 11.9. The van der Waals surface area contributed by atoms with Gasteiger partial charge in [-0.2, -0.15) is 0 Å². The molecule has 2 nitrogen and oxygen atoms in total. The highest BCUT2D eigenvalue weighted by atomic mass is 35.5. The molecular formula is C13H20ClNOS. The molecule has 0 spiro atoms. The lowest BCUT2D eigenvalue weighted by Gasteiger charge is -2.19. The molecule has 0 aliphatic carbocycles. The molecule has 0 aliphatic rings. The van der Waals surface area contributed by atoms with Gasteiger partial charge >= 0.3 is 0 Å². The van der Waals surface area contributed by atoms with Gasteiger partial charge in [0.05, 0.1) is 0 Å². The minimum Gasteiger partial charge on any atom is -0.385 e. The van der Waals surface area contributed by atoms with Crippen molar-refractivity contribution in [2.24, 2.45) is 11.7 Å². The van der Waals surface area contributed by atoms with Crippen LogP contribution in [0.25, 0.3) is 0 Å². The summed E-state index contributed by atoms with van der Waals surface area (Å²) in [6.45, 7) is 2.95. The molecule has 0 heterocycles. The summed E-state index contributed by atoms with van der Waals surface area (Å²) < 4.78 is 5.06. The van der Waals surface area contributed by atoms with Gasteiger partial charge in [-0.3, -0.25) is 0 Å². The molecule has 0 fully saturated rings. The fourth-order valence-electron chi connectivity index (χ4n) is 1.41. The van der Waals surface area contributed by atoms with E-state index in [1.54, 1.807) is 18.9 Å². The van der Waals surface area contributed by atoms with E-state index < -0.39 is 0 Å². The van der Waals surface area contributed by atoms with E-state index in [1.807, 2.05) is 24.3 Å². The number of nitrogens with two attached hydrogens (primary N) is 1. The minimum absolute atomic E-state index is 0.200. The van der Waals surface area contributed by atoms with Crippen LogP contribution < -0.4 is 5.73 Å². The highest BCUT2D eigenvalue weighted by Gasteiger charge is 2.12. The van der Waals surface area contributed by atoms with E-state index in [9.17, 15) is 0 Å². The molecule has 0 aromatic heterocycles. The maximum atomic E-state index is 6.13. The first-order valence-corrected chi connectivity index (χ1v) is 7.12. The molecule has 2 unspecified atom stereocenters. The van der Waals surface area contributed by atoms with Crippen LogP contribution in [0.4, 0.5) is 0 Å². The second kappa shape index (κ2) is 7.98. The van der Waals surface area contributed by atoms with Gasteiger partial charge in [0.1, 0.15) is 0 Å². The normalized spacial score (nSPS) is 14.6. The summed E-state index contributed by atoms with van der Waals surface area (Å²) in [4.78, 5) is 1.21. The Morgan fingerprint density at radius 2 is 2.00 bits per heavy atom. The van der Waals surface area contributed by atoms with Gasteiger partial charge in [-0.1, -0.05) is 18.5 Å². The Kier molecular flexibility index (Phi) is 6.97. The van der Waals surface area contributed by atoms with Gasteiger partial charge in [0.15, 0.2) is 0 Å². The molecule has 0 radical (unpaired) electrons. The molecule has 0 amide bonds. The third-order valence-electron chi connectivity index (χ3n) is 2.76. The number of hydrogen-bond donors (Lipinski definition) is 1. The highest BCUT2D eigenvalue weighted by molar-refractivity contribution is 7.99. The molecule has 96 valence electrons. The van der Waals surface area contributed by atoms with Crippen molar-refractivity contribution in [2.45, 2.75) is 24.3 Å². The number of hydrogen-bond acceptors (Lipinski definition) is 3. The van der Waals surface area contributed by atoms with Crippen molar-refractivity contribution in [1.82, 2.24) is 0 Å². The number of rotatable bonds is 7. The van der Waals surface area contributed by atoms with Crippen LogP contribution in [0.5, 0.6) is 0 Å². The monoisotopic (exact) mass is 273 g/mol. The molecule has 1 aromatic rings. The van der Waals surface area contributed by atoms with Crippen molar-refractivity contribution in [1.29, 1.82) is 0 Å². The number of halogens is 1. The molecule has 2 atom stereocenters. The second-order valence-electron chi connectivity index (χ2n) is 4.19. The van der Waals surface area contributed by atoms with E-state index >= 15 is 0 Å². The summed E-state index contributed by atoms with van der Waals surface area (Å²) in [6.07, 6.45) is 1.01. The molecule has 2 N–H and O–H groups in total. The van der Waals surface area contributed by atoms with Crippen LogP contribution in [-0.4, -0.2) is 25.5 Å². The lowest BCUT2D eigenvalue weighted by atomic mass is 10.0. The summed E-state index contributed by atoms with van der Waals surface area (Å²) in [5.74, 6) is 1.40. The number of methoxy groups -OCH3 is 1. The van der Waals surface area contributed by atoms with Gasteiger partial charge in [-0.05, 0) is 36.6 Å². The van der Waals surface area contributed by atoms with E-state index in [0.717, 1.165) is 23.8 Å². The average Bonchev–Trinajstić information content (AvgIpc) is 2.34. The van der Waals surface area contributed by atoms with Gasteiger partial charge in [-0.15, -0.1) is 11.8 Å². The summed E-state index contributed by atoms with van der Waals surface area (Å²) >= 11 is 7.61. The van der Waals surface area contributed by atoms with Gasteiger partial charge in [-0.25, -0.2) is 0 Å². The lowest BCUT2D eigenvalue weighted by molar-refractivity contribution is 0.176. The molecule has 0 saturated heterocycles. The van der Waals surface area contributed by atoms with Gasteiger partial charge in [0.2, 0.25) is 0 Å². The molecular weight excluding hydrogens is 254 g/mol. The summed E-state index contributed by atoms with van der Waals surface area (Å²) in [6, 6.07) is 8.07. The highest BCUT2D eigenvalue weighted by Crippen LogP contribution is 2.22. The van der Waals surface area contributed by atoms with Crippen molar-refractivity contribution in [3.8, 4) is 0 Å². The first-order chi connectivity index (χ1) is 8.13. The Balaban J connectivity index is 2.32. The SMILES string of the molecule is COCCC(C)C(N)CSc1ccc(Cl)cc1. The van der Waals surface area contributed by atoms with Gasteiger partial charge in [0, 0.05) is 35.4 Å². The molecule has 4 heteroatoms. The van der Waals surface area contributed by atoms with Crippen LogP contribution in [0.3, 0.4) is 0 Å². The van der Waals surface area contributed by atoms with Crippen molar-refractivity contribution >= 4 is 23.4 Å². The van der Waals surface area contributed by atoms with E-state index in [0.29, 0.717) is 5.92 Å². The van der Waals surface area contributed by atoms with Crippen LogP contribution in [0.2, 0.25) is 5.02 Å². The first-order valence-electron chi connectivity index (χ1n) is 5.76. The Morgan fingerprint density at radius 3 is 2.59 bits per heavy atom. The Bertz CT molecular complexity index is 318. The third-order valence-corrected chi connectivity index (χ3v) is 4.17. The number of thioether (sulfide) groups is 1. The fraction of sp³-hybridized carbons (Fsp3) is 0.538. The zero-order chi connectivity index (χ0) is 12.7. The predicted molar refractivity (Wildman–Crippen MR) is 75.8 cm³/mol. The van der Waals surface area contributed by atoms with E-state index in [2.05, 4.69) is 6.92 Å².